The van der Waals surface area contributed by atoms with E-state index < -0.39 is 0 Å². The molecule has 0 saturated heterocycles. The molecule has 0 unspecified atom stereocenters. The fourth-order valence-corrected chi connectivity index (χ4v) is 2.78. The van der Waals surface area contributed by atoms with Crippen molar-refractivity contribution in [1.29, 1.82) is 0 Å². The van der Waals surface area contributed by atoms with Crippen LogP contribution in [0.2, 0.25) is 0 Å². The molecule has 0 fully saturated rings. The molecule has 2 N–H and O–H groups in total. The predicted molar refractivity (Wildman–Crippen MR) is 102 cm³/mol. The molecule has 1 heterocycles. The van der Waals surface area contributed by atoms with E-state index in [0.717, 1.165) is 17.7 Å². The number of halogens is 1. The number of benzene rings is 2. The zero-order chi connectivity index (χ0) is 18.4. The Kier molecular flexibility index (Phi) is 5.73. The van der Waals surface area contributed by atoms with Gasteiger partial charge in [-0.2, -0.15) is 10.1 Å². The van der Waals surface area contributed by atoms with Crippen molar-refractivity contribution in [1.82, 2.24) is 15.2 Å². The maximum absolute atomic E-state index is 13.6. The van der Waals surface area contributed by atoms with Crippen molar-refractivity contribution in [3.05, 3.63) is 71.2 Å². The van der Waals surface area contributed by atoms with E-state index >= 15 is 0 Å². The molecule has 0 saturated carbocycles. The van der Waals surface area contributed by atoms with Gasteiger partial charge >= 0.3 is 0 Å². The number of rotatable bonds is 7. The Bertz CT molecular complexity index is 882. The Hall–Kier alpha value is -3.02. The second-order valence-corrected chi connectivity index (χ2v) is 6.02. The molecule has 5 nitrogen and oxygen atoms in total. The third-order valence-electron chi connectivity index (χ3n) is 4.19. The minimum absolute atomic E-state index is 0.199. The Labute approximate surface area is 152 Å². The van der Waals surface area contributed by atoms with Crippen LogP contribution in [0.4, 0.5) is 21.8 Å². The van der Waals surface area contributed by atoms with Gasteiger partial charge in [-0.25, -0.2) is 4.39 Å². The van der Waals surface area contributed by atoms with Gasteiger partial charge in [-0.05, 0) is 42.5 Å². The Balaban J connectivity index is 1.66. The zero-order valence-corrected chi connectivity index (χ0v) is 15.0. The molecule has 3 aromatic rings. The Morgan fingerprint density at radius 1 is 1.04 bits per heavy atom. The molecular weight excluding hydrogens is 329 g/mol. The molecule has 0 radical (unpaired) electrons. The van der Waals surface area contributed by atoms with Crippen LogP contribution in [0, 0.1) is 12.7 Å². The van der Waals surface area contributed by atoms with E-state index in [1.54, 1.807) is 18.3 Å². The SMILES string of the molecule is CCc1cccc(C)c1Nc1cnnc(NCCc2ccccc2F)n1. The number of nitrogens with one attached hydrogen (secondary N) is 2. The van der Waals surface area contributed by atoms with Crippen LogP contribution in [-0.4, -0.2) is 21.7 Å². The van der Waals surface area contributed by atoms with Crippen LogP contribution in [0.3, 0.4) is 0 Å². The number of aryl methyl sites for hydroxylation is 2. The molecule has 0 aliphatic rings. The van der Waals surface area contributed by atoms with E-state index in [0.29, 0.717) is 30.3 Å². The fourth-order valence-electron chi connectivity index (χ4n) is 2.78. The van der Waals surface area contributed by atoms with Gasteiger partial charge in [-0.1, -0.05) is 43.3 Å². The summed E-state index contributed by atoms with van der Waals surface area (Å²) in [4.78, 5) is 4.45. The van der Waals surface area contributed by atoms with Crippen molar-refractivity contribution in [2.75, 3.05) is 17.2 Å². The van der Waals surface area contributed by atoms with Crippen LogP contribution in [0.15, 0.2) is 48.7 Å². The van der Waals surface area contributed by atoms with Gasteiger partial charge < -0.3 is 10.6 Å². The van der Waals surface area contributed by atoms with Crippen LogP contribution in [-0.2, 0) is 12.8 Å². The van der Waals surface area contributed by atoms with Crippen LogP contribution < -0.4 is 10.6 Å². The molecule has 0 bridgehead atoms. The van der Waals surface area contributed by atoms with Gasteiger partial charge in [0, 0.05) is 12.2 Å². The van der Waals surface area contributed by atoms with Gasteiger partial charge in [0.05, 0.1) is 6.20 Å². The fraction of sp³-hybridized carbons (Fsp3) is 0.250. The second-order valence-electron chi connectivity index (χ2n) is 6.02. The summed E-state index contributed by atoms with van der Waals surface area (Å²) in [7, 11) is 0. The largest absolute Gasteiger partial charge is 0.353 e. The van der Waals surface area contributed by atoms with E-state index in [2.05, 4.69) is 51.8 Å². The second kappa shape index (κ2) is 8.38. The van der Waals surface area contributed by atoms with E-state index in [9.17, 15) is 4.39 Å². The summed E-state index contributed by atoms with van der Waals surface area (Å²) in [6.07, 6.45) is 3.07. The lowest BCUT2D eigenvalue weighted by molar-refractivity contribution is 0.610. The summed E-state index contributed by atoms with van der Waals surface area (Å²) in [6.45, 7) is 4.70. The standard InChI is InChI=1S/C20H22FN5/c1-3-15-9-6-7-14(2)19(15)24-18-13-23-26-20(25-18)22-12-11-16-8-4-5-10-17(16)21/h4-10,13H,3,11-12H2,1-2H3,(H2,22,24,25,26). The lowest BCUT2D eigenvalue weighted by atomic mass is 10.1. The lowest BCUT2D eigenvalue weighted by Crippen LogP contribution is -2.10. The zero-order valence-electron chi connectivity index (χ0n) is 15.0. The number of nitrogens with zero attached hydrogens (tertiary/aromatic N) is 3. The molecule has 0 atom stereocenters. The third kappa shape index (κ3) is 4.33. The number of hydrogen-bond acceptors (Lipinski definition) is 5. The summed E-state index contributed by atoms with van der Waals surface area (Å²) in [5.74, 6) is 0.839. The van der Waals surface area contributed by atoms with Crippen molar-refractivity contribution in [2.24, 2.45) is 0 Å². The average molecular weight is 351 g/mol. The third-order valence-corrected chi connectivity index (χ3v) is 4.19. The summed E-state index contributed by atoms with van der Waals surface area (Å²) in [5, 5.41) is 14.4. The molecule has 0 spiro atoms. The first-order valence-electron chi connectivity index (χ1n) is 8.70. The number of anilines is 3. The van der Waals surface area contributed by atoms with E-state index in [4.69, 9.17) is 0 Å². The first kappa shape index (κ1) is 17.8. The van der Waals surface area contributed by atoms with Crippen molar-refractivity contribution in [3.63, 3.8) is 0 Å². The lowest BCUT2D eigenvalue weighted by Gasteiger charge is -2.13. The first-order chi connectivity index (χ1) is 12.7. The van der Waals surface area contributed by atoms with Gasteiger partial charge in [0.15, 0.2) is 5.82 Å². The molecule has 26 heavy (non-hydrogen) atoms. The summed E-state index contributed by atoms with van der Waals surface area (Å²) in [6, 6.07) is 13.0. The minimum Gasteiger partial charge on any atom is -0.353 e. The highest BCUT2D eigenvalue weighted by Crippen LogP contribution is 2.24. The molecular formula is C20H22FN5. The van der Waals surface area contributed by atoms with Crippen LogP contribution in [0.25, 0.3) is 0 Å². The summed E-state index contributed by atoms with van der Waals surface area (Å²) >= 11 is 0. The minimum atomic E-state index is -0.199. The number of hydrogen-bond donors (Lipinski definition) is 2. The van der Waals surface area contributed by atoms with Crippen molar-refractivity contribution >= 4 is 17.5 Å². The van der Waals surface area contributed by atoms with Crippen molar-refractivity contribution < 1.29 is 4.39 Å². The number of aromatic nitrogens is 3. The molecule has 1 aromatic heterocycles. The average Bonchev–Trinajstić information content (AvgIpc) is 2.65. The van der Waals surface area contributed by atoms with Crippen LogP contribution >= 0.6 is 0 Å². The molecule has 134 valence electrons. The van der Waals surface area contributed by atoms with Gasteiger partial charge in [0.25, 0.3) is 0 Å². The maximum Gasteiger partial charge on any atom is 0.244 e. The molecule has 6 heteroatoms. The van der Waals surface area contributed by atoms with E-state index in [1.165, 1.54) is 11.6 Å². The molecule has 0 aliphatic carbocycles. The number of para-hydroxylation sites is 1. The predicted octanol–water partition coefficient (Wildman–Crippen LogP) is 4.28. The van der Waals surface area contributed by atoms with Gasteiger partial charge in [0.1, 0.15) is 5.82 Å². The first-order valence-corrected chi connectivity index (χ1v) is 8.70. The summed E-state index contributed by atoms with van der Waals surface area (Å²) < 4.78 is 13.6. The van der Waals surface area contributed by atoms with Crippen molar-refractivity contribution in [3.8, 4) is 0 Å². The van der Waals surface area contributed by atoms with E-state index in [1.807, 2.05) is 12.1 Å². The van der Waals surface area contributed by atoms with Gasteiger partial charge in [0.2, 0.25) is 5.95 Å². The molecule has 2 aromatic carbocycles. The Morgan fingerprint density at radius 3 is 2.65 bits per heavy atom. The maximum atomic E-state index is 13.6. The Morgan fingerprint density at radius 2 is 1.85 bits per heavy atom. The highest BCUT2D eigenvalue weighted by atomic mass is 19.1. The molecule has 3 rings (SSSR count). The highest BCUT2D eigenvalue weighted by molar-refractivity contribution is 5.64. The topological polar surface area (TPSA) is 62.7 Å². The summed E-state index contributed by atoms with van der Waals surface area (Å²) in [5.41, 5.74) is 4.08. The molecule has 0 aliphatic heterocycles. The van der Waals surface area contributed by atoms with E-state index in [-0.39, 0.29) is 5.82 Å². The molecule has 0 amide bonds. The van der Waals surface area contributed by atoms with Crippen LogP contribution in [0.5, 0.6) is 0 Å². The smallest absolute Gasteiger partial charge is 0.244 e. The monoisotopic (exact) mass is 351 g/mol. The highest BCUT2D eigenvalue weighted by Gasteiger charge is 2.07. The van der Waals surface area contributed by atoms with Crippen molar-refractivity contribution in [2.45, 2.75) is 26.7 Å². The quantitative estimate of drug-likeness (QED) is 0.665. The normalized spacial score (nSPS) is 10.6. The van der Waals surface area contributed by atoms with Gasteiger partial charge in [-0.3, -0.25) is 0 Å². The van der Waals surface area contributed by atoms with Gasteiger partial charge in [-0.15, -0.1) is 5.10 Å². The van der Waals surface area contributed by atoms with Crippen LogP contribution in [0.1, 0.15) is 23.6 Å².